The first-order valence-corrected chi connectivity index (χ1v) is 12.7. The van der Waals surface area contributed by atoms with Crippen LogP contribution in [0.25, 0.3) is 0 Å². The lowest BCUT2D eigenvalue weighted by atomic mass is 9.74. The Morgan fingerprint density at radius 1 is 0.733 bits per heavy atom. The van der Waals surface area contributed by atoms with Crippen molar-refractivity contribution in [2.45, 2.75) is 110 Å². The van der Waals surface area contributed by atoms with E-state index in [0.29, 0.717) is 12.2 Å². The fraction of sp³-hybridized carbons (Fsp3) is 0.778. The van der Waals surface area contributed by atoms with Gasteiger partial charge in [0, 0.05) is 0 Å². The Morgan fingerprint density at radius 3 is 1.87 bits per heavy atom. The summed E-state index contributed by atoms with van der Waals surface area (Å²) in [6.07, 6.45) is 17.7. The minimum atomic E-state index is -0.808. The van der Waals surface area contributed by atoms with E-state index in [1.807, 2.05) is 6.92 Å². The molecule has 30 heavy (non-hydrogen) atoms. The third kappa shape index (κ3) is 6.44. The number of unbranched alkanes of at least 4 members (excludes halogenated alkanes) is 1. The molecule has 2 fully saturated rings. The van der Waals surface area contributed by atoms with Crippen molar-refractivity contribution in [2.75, 3.05) is 6.61 Å². The smallest absolute Gasteiger partial charge is 0.200 e. The Hall–Kier alpha value is -1.12. The van der Waals surface area contributed by atoms with Crippen LogP contribution < -0.4 is 4.74 Å². The van der Waals surface area contributed by atoms with E-state index in [1.54, 1.807) is 12.1 Å². The van der Waals surface area contributed by atoms with Crippen molar-refractivity contribution in [1.29, 1.82) is 0 Å². The van der Waals surface area contributed by atoms with E-state index < -0.39 is 11.6 Å². The molecule has 0 aliphatic heterocycles. The molecule has 0 saturated heterocycles. The standard InChI is InChI=1S/C27H42F2O/c1-3-5-6-20-7-9-21(10-8-20)11-12-22-13-15-23(16-14-22)24-17-18-25(30-19-4-2)27(29)26(24)28/h17-18,20-23H,3-16,19H2,1-2H3. The van der Waals surface area contributed by atoms with Crippen molar-refractivity contribution in [3.63, 3.8) is 0 Å². The molecule has 0 spiro atoms. The highest BCUT2D eigenvalue weighted by Gasteiger charge is 2.28. The van der Waals surface area contributed by atoms with Crippen LogP contribution in [0.5, 0.6) is 5.75 Å². The summed E-state index contributed by atoms with van der Waals surface area (Å²) < 4.78 is 34.3. The van der Waals surface area contributed by atoms with Crippen LogP contribution in [0.2, 0.25) is 0 Å². The van der Waals surface area contributed by atoms with E-state index in [-0.39, 0.29) is 11.7 Å². The fourth-order valence-electron chi connectivity index (χ4n) is 5.72. The average Bonchev–Trinajstić information content (AvgIpc) is 2.78. The largest absolute Gasteiger partial charge is 0.490 e. The molecule has 0 amide bonds. The number of benzene rings is 1. The average molecular weight is 421 g/mol. The van der Waals surface area contributed by atoms with Crippen molar-refractivity contribution >= 4 is 0 Å². The van der Waals surface area contributed by atoms with E-state index in [4.69, 9.17) is 4.74 Å². The highest BCUT2D eigenvalue weighted by Crippen LogP contribution is 2.41. The molecule has 3 heteroatoms. The third-order valence-electron chi connectivity index (χ3n) is 7.74. The summed E-state index contributed by atoms with van der Waals surface area (Å²) in [4.78, 5) is 0. The van der Waals surface area contributed by atoms with E-state index in [0.717, 1.165) is 49.9 Å². The first kappa shape index (κ1) is 23.5. The van der Waals surface area contributed by atoms with E-state index in [2.05, 4.69) is 6.92 Å². The van der Waals surface area contributed by atoms with Gasteiger partial charge in [0.15, 0.2) is 11.6 Å². The zero-order valence-electron chi connectivity index (χ0n) is 19.2. The molecule has 170 valence electrons. The van der Waals surface area contributed by atoms with Gasteiger partial charge in [-0.1, -0.05) is 77.7 Å². The molecule has 0 unspecified atom stereocenters. The second kappa shape index (κ2) is 12.1. The zero-order chi connectivity index (χ0) is 21.3. The van der Waals surface area contributed by atoms with Crippen molar-refractivity contribution in [2.24, 2.45) is 17.8 Å². The van der Waals surface area contributed by atoms with Gasteiger partial charge in [-0.15, -0.1) is 0 Å². The minimum absolute atomic E-state index is 0.0520. The summed E-state index contributed by atoms with van der Waals surface area (Å²) in [5, 5.41) is 0. The fourth-order valence-corrected chi connectivity index (χ4v) is 5.72. The van der Waals surface area contributed by atoms with E-state index in [9.17, 15) is 8.78 Å². The highest BCUT2D eigenvalue weighted by atomic mass is 19.2. The van der Waals surface area contributed by atoms with Crippen LogP contribution in [-0.2, 0) is 0 Å². The summed E-state index contributed by atoms with van der Waals surface area (Å²) in [5.74, 6) is 1.42. The van der Waals surface area contributed by atoms with Crippen molar-refractivity contribution in [3.05, 3.63) is 29.3 Å². The first-order valence-electron chi connectivity index (χ1n) is 12.7. The van der Waals surface area contributed by atoms with Crippen molar-refractivity contribution in [3.8, 4) is 5.75 Å². The predicted octanol–water partition coefficient (Wildman–Crippen LogP) is 8.80. The molecule has 2 saturated carbocycles. The molecule has 0 aromatic heterocycles. The lowest BCUT2D eigenvalue weighted by Crippen LogP contribution is -2.18. The number of hydrogen-bond acceptors (Lipinski definition) is 1. The zero-order valence-corrected chi connectivity index (χ0v) is 19.2. The predicted molar refractivity (Wildman–Crippen MR) is 121 cm³/mol. The van der Waals surface area contributed by atoms with Crippen LogP contribution in [0.15, 0.2) is 12.1 Å². The Labute approximate surface area is 183 Å². The molecular weight excluding hydrogens is 378 g/mol. The lowest BCUT2D eigenvalue weighted by Gasteiger charge is -2.32. The lowest BCUT2D eigenvalue weighted by molar-refractivity contribution is 0.222. The van der Waals surface area contributed by atoms with Crippen LogP contribution in [0, 0.1) is 29.4 Å². The van der Waals surface area contributed by atoms with Gasteiger partial charge in [-0.2, -0.15) is 4.39 Å². The van der Waals surface area contributed by atoms with Crippen molar-refractivity contribution < 1.29 is 13.5 Å². The van der Waals surface area contributed by atoms with Gasteiger partial charge < -0.3 is 4.74 Å². The summed E-state index contributed by atoms with van der Waals surface area (Å²) in [7, 11) is 0. The molecule has 1 nitrogen and oxygen atoms in total. The molecule has 0 radical (unpaired) electrons. The van der Waals surface area contributed by atoms with Crippen LogP contribution in [-0.4, -0.2) is 6.61 Å². The summed E-state index contributed by atoms with van der Waals surface area (Å²) >= 11 is 0. The second-order valence-electron chi connectivity index (χ2n) is 9.95. The summed E-state index contributed by atoms with van der Waals surface area (Å²) in [6, 6.07) is 3.37. The first-order chi connectivity index (χ1) is 14.6. The maximum absolute atomic E-state index is 14.6. The van der Waals surface area contributed by atoms with Crippen LogP contribution >= 0.6 is 0 Å². The van der Waals surface area contributed by atoms with Gasteiger partial charge in [0.05, 0.1) is 6.61 Å². The second-order valence-corrected chi connectivity index (χ2v) is 9.95. The molecule has 2 aliphatic rings. The molecule has 0 N–H and O–H groups in total. The molecule has 1 aromatic rings. The van der Waals surface area contributed by atoms with Gasteiger partial charge in [-0.05, 0) is 67.4 Å². The Balaban J connectivity index is 1.41. The molecule has 0 atom stereocenters. The maximum Gasteiger partial charge on any atom is 0.200 e. The molecule has 0 heterocycles. The van der Waals surface area contributed by atoms with Gasteiger partial charge in [-0.3, -0.25) is 0 Å². The molecule has 2 aliphatic carbocycles. The number of halogens is 2. The quantitative estimate of drug-likeness (QED) is 0.367. The molecule has 1 aromatic carbocycles. The van der Waals surface area contributed by atoms with Gasteiger partial charge in [0.25, 0.3) is 0 Å². The third-order valence-corrected chi connectivity index (χ3v) is 7.74. The number of rotatable bonds is 10. The van der Waals surface area contributed by atoms with Gasteiger partial charge >= 0.3 is 0 Å². The minimum Gasteiger partial charge on any atom is -0.490 e. The van der Waals surface area contributed by atoms with Crippen LogP contribution in [0.1, 0.15) is 115 Å². The molecular formula is C27H42F2O. The van der Waals surface area contributed by atoms with Gasteiger partial charge in [0.2, 0.25) is 5.82 Å². The SMILES string of the molecule is CCCCC1CCC(CCC2CCC(c3ccc(OCCC)c(F)c3F)CC2)CC1. The number of hydrogen-bond donors (Lipinski definition) is 0. The maximum atomic E-state index is 14.6. The topological polar surface area (TPSA) is 9.23 Å². The normalized spacial score (nSPS) is 27.2. The van der Waals surface area contributed by atoms with Crippen LogP contribution in [0.3, 0.4) is 0 Å². The highest BCUT2D eigenvalue weighted by molar-refractivity contribution is 5.33. The van der Waals surface area contributed by atoms with Gasteiger partial charge in [-0.25, -0.2) is 4.39 Å². The molecule has 3 rings (SSSR count). The monoisotopic (exact) mass is 420 g/mol. The van der Waals surface area contributed by atoms with E-state index >= 15 is 0 Å². The van der Waals surface area contributed by atoms with Crippen LogP contribution in [0.4, 0.5) is 8.78 Å². The van der Waals surface area contributed by atoms with Crippen molar-refractivity contribution in [1.82, 2.24) is 0 Å². The Morgan fingerprint density at radius 2 is 1.30 bits per heavy atom. The summed E-state index contributed by atoms with van der Waals surface area (Å²) in [6.45, 7) is 4.67. The summed E-state index contributed by atoms with van der Waals surface area (Å²) in [5.41, 5.74) is 0.556. The molecule has 0 bridgehead atoms. The van der Waals surface area contributed by atoms with E-state index in [1.165, 1.54) is 57.8 Å². The Kier molecular flexibility index (Phi) is 9.46. The number of ether oxygens (including phenoxy) is 1. The Bertz CT molecular complexity index is 628. The van der Waals surface area contributed by atoms with Gasteiger partial charge in [0.1, 0.15) is 0 Å².